The van der Waals surface area contributed by atoms with Gasteiger partial charge in [0.05, 0.1) is 18.4 Å². The van der Waals surface area contributed by atoms with Gasteiger partial charge in [-0.3, -0.25) is 4.79 Å². The summed E-state index contributed by atoms with van der Waals surface area (Å²) in [5.41, 5.74) is 2.40. The molecule has 1 fully saturated rings. The van der Waals surface area contributed by atoms with Crippen molar-refractivity contribution in [3.63, 3.8) is 0 Å². The molecule has 0 radical (unpaired) electrons. The van der Waals surface area contributed by atoms with Gasteiger partial charge in [0, 0.05) is 41.3 Å². The lowest BCUT2D eigenvalue weighted by molar-refractivity contribution is -0.135. The van der Waals surface area contributed by atoms with Crippen molar-refractivity contribution in [3.05, 3.63) is 27.4 Å². The van der Waals surface area contributed by atoms with Gasteiger partial charge in [-0.2, -0.15) is 11.3 Å². The van der Waals surface area contributed by atoms with E-state index in [1.54, 1.807) is 18.4 Å². The molecular weight excluding hydrogens is 416 g/mol. The lowest BCUT2D eigenvalue weighted by Crippen LogP contribution is -2.53. The van der Waals surface area contributed by atoms with Crippen molar-refractivity contribution < 1.29 is 14.6 Å². The smallest absolute Gasteiger partial charge is 0.223 e. The molecule has 2 aliphatic carbocycles. The van der Waals surface area contributed by atoms with E-state index in [2.05, 4.69) is 36.0 Å². The fourth-order valence-corrected chi connectivity index (χ4v) is 7.76. The molecule has 2 heterocycles. The third kappa shape index (κ3) is 3.85. The van der Waals surface area contributed by atoms with Crippen molar-refractivity contribution in [2.24, 2.45) is 23.2 Å². The highest BCUT2D eigenvalue weighted by atomic mass is 32.1. The molecule has 6 unspecified atom stereocenters. The molecule has 1 amide bonds. The van der Waals surface area contributed by atoms with Crippen LogP contribution in [0, 0.1) is 23.2 Å². The van der Waals surface area contributed by atoms with Crippen LogP contribution in [0.25, 0.3) is 10.6 Å². The van der Waals surface area contributed by atoms with Gasteiger partial charge in [0.15, 0.2) is 0 Å². The number of thiophene rings is 1. The molecule has 0 aliphatic heterocycles. The highest BCUT2D eigenvalue weighted by Gasteiger charge is 2.53. The van der Waals surface area contributed by atoms with Crippen molar-refractivity contribution in [2.75, 3.05) is 20.3 Å². The van der Waals surface area contributed by atoms with Crippen LogP contribution in [0.2, 0.25) is 0 Å². The van der Waals surface area contributed by atoms with E-state index in [9.17, 15) is 9.90 Å². The van der Waals surface area contributed by atoms with E-state index in [0.29, 0.717) is 13.2 Å². The molecule has 7 heteroatoms. The van der Waals surface area contributed by atoms with Gasteiger partial charge >= 0.3 is 0 Å². The molecule has 164 valence electrons. The average Bonchev–Trinajstić information content (AvgIpc) is 3.37. The van der Waals surface area contributed by atoms with E-state index in [1.807, 2.05) is 18.3 Å². The number of nitrogens with zero attached hydrogens (tertiary/aromatic N) is 1. The minimum atomic E-state index is -0.499. The van der Waals surface area contributed by atoms with E-state index in [1.165, 1.54) is 10.4 Å². The third-order valence-corrected chi connectivity index (χ3v) is 9.15. The van der Waals surface area contributed by atoms with Gasteiger partial charge < -0.3 is 15.2 Å². The van der Waals surface area contributed by atoms with E-state index in [-0.39, 0.29) is 35.0 Å². The Balaban J connectivity index is 1.56. The molecule has 30 heavy (non-hydrogen) atoms. The Bertz CT molecular complexity index is 881. The summed E-state index contributed by atoms with van der Waals surface area (Å²) in [5, 5.41) is 19.8. The van der Waals surface area contributed by atoms with Crippen molar-refractivity contribution in [3.8, 4) is 10.6 Å². The second-order valence-corrected chi connectivity index (χ2v) is 11.1. The van der Waals surface area contributed by atoms with Crippen molar-refractivity contribution >= 4 is 28.6 Å². The van der Waals surface area contributed by atoms with E-state index in [0.717, 1.165) is 30.0 Å². The fourth-order valence-electron chi connectivity index (χ4n) is 5.69. The second-order valence-electron chi connectivity index (χ2n) is 9.25. The lowest BCUT2D eigenvalue weighted by atomic mass is 9.53. The van der Waals surface area contributed by atoms with Gasteiger partial charge in [-0.1, -0.05) is 20.8 Å². The zero-order chi connectivity index (χ0) is 21.5. The molecule has 6 atom stereocenters. The number of hydrogen-bond donors (Lipinski definition) is 2. The highest BCUT2D eigenvalue weighted by Crippen LogP contribution is 2.57. The van der Waals surface area contributed by atoms with Crippen LogP contribution in [0.15, 0.2) is 16.8 Å². The summed E-state index contributed by atoms with van der Waals surface area (Å²) in [4.78, 5) is 19.0. The molecule has 1 saturated carbocycles. The van der Waals surface area contributed by atoms with Gasteiger partial charge in [-0.25, -0.2) is 4.98 Å². The molecule has 5 nitrogen and oxygen atoms in total. The van der Waals surface area contributed by atoms with Crippen LogP contribution >= 0.6 is 22.7 Å². The van der Waals surface area contributed by atoms with Gasteiger partial charge in [-0.05, 0) is 48.0 Å². The number of nitrogens with one attached hydrogen (secondary N) is 1. The Hall–Kier alpha value is -1.28. The first-order valence-corrected chi connectivity index (χ1v) is 12.6. The predicted octanol–water partition coefficient (Wildman–Crippen LogP) is 4.32. The zero-order valence-corrected chi connectivity index (χ0v) is 19.8. The quantitative estimate of drug-likeness (QED) is 0.646. The van der Waals surface area contributed by atoms with Crippen LogP contribution in [-0.2, 0) is 16.0 Å². The maximum Gasteiger partial charge on any atom is 0.223 e. The first-order valence-electron chi connectivity index (χ1n) is 10.8. The molecule has 2 aromatic rings. The number of aliphatic hydroxyl groups is 1. The number of methoxy groups -OCH3 is 1. The number of rotatable bonds is 6. The summed E-state index contributed by atoms with van der Waals surface area (Å²) >= 11 is 3.51. The number of carbonyl (C=O) groups is 1. The van der Waals surface area contributed by atoms with Crippen LogP contribution in [0.1, 0.15) is 50.1 Å². The SMILES string of the molecule is COCCNC(=O)C(C)C1CCC2(C)Cc3sc(-c4ccsc4)nc3C(C)C2C1O. The number of carbonyl (C=O) groups excluding carboxylic acids is 1. The number of aromatic nitrogens is 1. The topological polar surface area (TPSA) is 71.5 Å². The summed E-state index contributed by atoms with van der Waals surface area (Å²) in [5.74, 6) is 0.0769. The summed E-state index contributed by atoms with van der Waals surface area (Å²) < 4.78 is 5.03. The van der Waals surface area contributed by atoms with Crippen LogP contribution in [-0.4, -0.2) is 42.4 Å². The molecule has 0 spiro atoms. The lowest BCUT2D eigenvalue weighted by Gasteiger charge is -2.53. The average molecular weight is 449 g/mol. The van der Waals surface area contributed by atoms with Gasteiger partial charge in [0.1, 0.15) is 5.01 Å². The summed E-state index contributed by atoms with van der Waals surface area (Å²) in [6.45, 7) is 7.50. The Morgan fingerprint density at radius 2 is 2.30 bits per heavy atom. The third-order valence-electron chi connectivity index (χ3n) is 7.35. The molecule has 0 aromatic carbocycles. The van der Waals surface area contributed by atoms with Crippen LogP contribution < -0.4 is 5.32 Å². The van der Waals surface area contributed by atoms with Gasteiger partial charge in [-0.15, -0.1) is 11.3 Å². The standard InChI is InChI=1S/C23H32N2O3S2/c1-13(21(27)24-8-9-28-4)16-5-7-23(3)11-17-19(14(2)18(23)20(16)26)25-22(30-17)15-6-10-29-12-15/h6,10,12-14,16,18,20,26H,5,7-9,11H2,1-4H3,(H,24,27). The fraction of sp³-hybridized carbons (Fsp3) is 0.652. The minimum absolute atomic E-state index is 0.0113. The maximum atomic E-state index is 12.6. The number of aliphatic hydroxyl groups excluding tert-OH is 1. The zero-order valence-electron chi connectivity index (χ0n) is 18.2. The van der Waals surface area contributed by atoms with Crippen molar-refractivity contribution in [1.29, 1.82) is 0 Å². The molecule has 4 rings (SSSR count). The van der Waals surface area contributed by atoms with Crippen molar-refractivity contribution in [2.45, 2.75) is 52.1 Å². The summed E-state index contributed by atoms with van der Waals surface area (Å²) in [6.07, 6.45) is 2.38. The Morgan fingerprint density at radius 3 is 3.00 bits per heavy atom. The van der Waals surface area contributed by atoms with E-state index in [4.69, 9.17) is 9.72 Å². The maximum absolute atomic E-state index is 12.6. The largest absolute Gasteiger partial charge is 0.392 e. The number of ether oxygens (including phenoxy) is 1. The van der Waals surface area contributed by atoms with Crippen LogP contribution in [0.4, 0.5) is 0 Å². The molecule has 0 bridgehead atoms. The predicted molar refractivity (Wildman–Crippen MR) is 122 cm³/mol. The summed E-state index contributed by atoms with van der Waals surface area (Å²) in [6, 6.07) is 2.13. The number of thiazole rings is 1. The Labute approximate surface area is 186 Å². The number of hydrogen-bond acceptors (Lipinski definition) is 6. The number of fused-ring (bicyclic) bond motifs is 2. The van der Waals surface area contributed by atoms with E-state index >= 15 is 0 Å². The van der Waals surface area contributed by atoms with Gasteiger partial charge in [0.25, 0.3) is 0 Å². The van der Waals surface area contributed by atoms with Crippen LogP contribution in [0.5, 0.6) is 0 Å². The first-order chi connectivity index (χ1) is 14.4. The second kappa shape index (κ2) is 8.69. The monoisotopic (exact) mass is 448 g/mol. The highest BCUT2D eigenvalue weighted by molar-refractivity contribution is 7.15. The summed E-state index contributed by atoms with van der Waals surface area (Å²) in [7, 11) is 1.63. The Morgan fingerprint density at radius 1 is 1.50 bits per heavy atom. The molecule has 2 N–H and O–H groups in total. The van der Waals surface area contributed by atoms with Crippen molar-refractivity contribution in [1.82, 2.24) is 10.3 Å². The normalized spacial score (nSPS) is 31.6. The molecule has 2 aromatic heterocycles. The van der Waals surface area contributed by atoms with E-state index < -0.39 is 6.10 Å². The first kappa shape index (κ1) is 21.9. The van der Waals surface area contributed by atoms with Gasteiger partial charge in [0.2, 0.25) is 5.91 Å². The molecular formula is C23H32N2O3S2. The number of amides is 1. The molecule has 2 aliphatic rings. The van der Waals surface area contributed by atoms with Crippen LogP contribution in [0.3, 0.4) is 0 Å². The molecule has 0 saturated heterocycles. The Kier molecular flexibility index (Phi) is 6.35. The minimum Gasteiger partial charge on any atom is -0.392 e.